The summed E-state index contributed by atoms with van der Waals surface area (Å²) in [5, 5.41) is 3.26. The first-order valence-electron chi connectivity index (χ1n) is 6.47. The van der Waals surface area contributed by atoms with Crippen molar-refractivity contribution in [3.63, 3.8) is 0 Å². The Morgan fingerprint density at radius 2 is 2.12 bits per heavy atom. The Morgan fingerprint density at radius 1 is 1.24 bits per heavy atom. The van der Waals surface area contributed by atoms with Crippen molar-refractivity contribution in [2.45, 2.75) is 26.4 Å². The quantitative estimate of drug-likeness (QED) is 0.845. The third-order valence-electron chi connectivity index (χ3n) is 2.96. The third-order valence-corrected chi connectivity index (χ3v) is 2.96. The Kier molecular flexibility index (Phi) is 5.04. The fourth-order valence-corrected chi connectivity index (χ4v) is 2.03. The van der Waals surface area contributed by atoms with E-state index < -0.39 is 0 Å². The van der Waals surface area contributed by atoms with E-state index in [0.717, 1.165) is 63.9 Å². The van der Waals surface area contributed by atoms with E-state index in [0.29, 0.717) is 0 Å². The molecule has 1 aliphatic rings. The normalized spacial score (nSPS) is 18.2. The number of nitrogens with one attached hydrogen (secondary N) is 1. The molecule has 2 rings (SSSR count). The fourth-order valence-electron chi connectivity index (χ4n) is 2.03. The minimum atomic E-state index is 0.819. The van der Waals surface area contributed by atoms with Crippen molar-refractivity contribution in [3.8, 4) is 0 Å². The molecule has 0 unspecified atom stereocenters. The highest BCUT2D eigenvalue weighted by Crippen LogP contribution is 2.11. The molecule has 1 fully saturated rings. The first-order chi connectivity index (χ1) is 8.38. The molecule has 1 aliphatic heterocycles. The highest BCUT2D eigenvalue weighted by molar-refractivity contribution is 5.07. The zero-order valence-electron chi connectivity index (χ0n) is 10.6. The number of hydrogen-bond donors (Lipinski definition) is 1. The highest BCUT2D eigenvalue weighted by Gasteiger charge is 2.11. The third kappa shape index (κ3) is 4.15. The van der Waals surface area contributed by atoms with Crippen LogP contribution < -0.4 is 5.32 Å². The maximum atomic E-state index is 5.78. The van der Waals surface area contributed by atoms with E-state index in [2.05, 4.69) is 29.3 Å². The fraction of sp³-hybridized carbons (Fsp3) is 0.692. The molecule has 0 atom stereocenters. The molecule has 0 aliphatic carbocycles. The average Bonchev–Trinajstić information content (AvgIpc) is 2.61. The Bertz CT molecular complexity index is 317. The van der Waals surface area contributed by atoms with Crippen LogP contribution in [0, 0.1) is 0 Å². The monoisotopic (exact) mass is 238 g/mol. The molecule has 1 aromatic heterocycles. The zero-order valence-corrected chi connectivity index (χ0v) is 10.6. The number of furan rings is 1. The maximum absolute atomic E-state index is 5.78. The summed E-state index contributed by atoms with van der Waals surface area (Å²) in [6.07, 6.45) is 1.12. The van der Waals surface area contributed by atoms with Gasteiger partial charge >= 0.3 is 0 Å². The van der Waals surface area contributed by atoms with Gasteiger partial charge in [0.25, 0.3) is 0 Å². The van der Waals surface area contributed by atoms with E-state index >= 15 is 0 Å². The second kappa shape index (κ2) is 6.79. The van der Waals surface area contributed by atoms with Crippen LogP contribution in [0.25, 0.3) is 0 Å². The largest absolute Gasteiger partial charge is 0.463 e. The van der Waals surface area contributed by atoms with Crippen molar-refractivity contribution in [3.05, 3.63) is 23.7 Å². The molecule has 1 aromatic rings. The molecule has 96 valence electrons. The van der Waals surface area contributed by atoms with Gasteiger partial charge in [0, 0.05) is 19.7 Å². The second-order valence-corrected chi connectivity index (χ2v) is 4.39. The van der Waals surface area contributed by atoms with E-state index in [4.69, 9.17) is 9.15 Å². The van der Waals surface area contributed by atoms with Crippen LogP contribution in [0.4, 0.5) is 0 Å². The van der Waals surface area contributed by atoms with Crippen molar-refractivity contribution >= 4 is 0 Å². The molecule has 0 bridgehead atoms. The summed E-state index contributed by atoms with van der Waals surface area (Å²) in [6.45, 7) is 8.62. The lowest BCUT2D eigenvalue weighted by atomic mass is 10.3. The standard InChI is InChI=1S/C13H22N2O2/c1-2-14-10-12-4-5-13(17-12)11-15-6-3-8-16-9-7-15/h4-5,14H,2-3,6-11H2,1H3. The molecular weight excluding hydrogens is 216 g/mol. The van der Waals surface area contributed by atoms with Gasteiger partial charge in [0.15, 0.2) is 0 Å². The predicted molar refractivity (Wildman–Crippen MR) is 66.8 cm³/mol. The number of ether oxygens (including phenoxy) is 1. The van der Waals surface area contributed by atoms with Crippen molar-refractivity contribution in [2.75, 3.05) is 32.8 Å². The van der Waals surface area contributed by atoms with Gasteiger partial charge in [-0.3, -0.25) is 4.90 Å². The second-order valence-electron chi connectivity index (χ2n) is 4.39. The van der Waals surface area contributed by atoms with E-state index in [9.17, 15) is 0 Å². The van der Waals surface area contributed by atoms with E-state index in [-0.39, 0.29) is 0 Å². The highest BCUT2D eigenvalue weighted by atomic mass is 16.5. The van der Waals surface area contributed by atoms with E-state index in [1.165, 1.54) is 0 Å². The Balaban J connectivity index is 1.82. The van der Waals surface area contributed by atoms with Crippen LogP contribution >= 0.6 is 0 Å². The topological polar surface area (TPSA) is 37.6 Å². The molecule has 0 spiro atoms. The van der Waals surface area contributed by atoms with E-state index in [1.807, 2.05) is 0 Å². The summed E-state index contributed by atoms with van der Waals surface area (Å²) < 4.78 is 11.2. The van der Waals surface area contributed by atoms with Gasteiger partial charge in [-0.25, -0.2) is 0 Å². The van der Waals surface area contributed by atoms with Crippen LogP contribution in [-0.4, -0.2) is 37.7 Å². The number of rotatable bonds is 5. The van der Waals surface area contributed by atoms with Crippen LogP contribution in [0.3, 0.4) is 0 Å². The molecule has 0 amide bonds. The van der Waals surface area contributed by atoms with Gasteiger partial charge in [-0.05, 0) is 25.1 Å². The van der Waals surface area contributed by atoms with Gasteiger partial charge < -0.3 is 14.5 Å². The zero-order chi connectivity index (χ0) is 11.9. The SMILES string of the molecule is CCNCc1ccc(CN2CCCOCC2)o1. The molecule has 1 saturated heterocycles. The molecule has 1 N–H and O–H groups in total. The molecular formula is C13H22N2O2. The maximum Gasteiger partial charge on any atom is 0.118 e. The molecule has 0 radical (unpaired) electrons. The van der Waals surface area contributed by atoms with Crippen LogP contribution in [-0.2, 0) is 17.8 Å². The van der Waals surface area contributed by atoms with Crippen LogP contribution in [0.15, 0.2) is 16.5 Å². The van der Waals surface area contributed by atoms with Crippen LogP contribution in [0.2, 0.25) is 0 Å². The summed E-state index contributed by atoms with van der Waals surface area (Å²) in [5.41, 5.74) is 0. The molecule has 0 saturated carbocycles. The van der Waals surface area contributed by atoms with E-state index in [1.54, 1.807) is 0 Å². The van der Waals surface area contributed by atoms with Gasteiger partial charge in [-0.2, -0.15) is 0 Å². The minimum Gasteiger partial charge on any atom is -0.463 e. The van der Waals surface area contributed by atoms with Crippen LogP contribution in [0.1, 0.15) is 24.9 Å². The van der Waals surface area contributed by atoms with Gasteiger partial charge in [0.1, 0.15) is 11.5 Å². The first kappa shape index (κ1) is 12.6. The van der Waals surface area contributed by atoms with Crippen molar-refractivity contribution in [1.29, 1.82) is 0 Å². The molecule has 17 heavy (non-hydrogen) atoms. The van der Waals surface area contributed by atoms with Crippen molar-refractivity contribution in [2.24, 2.45) is 0 Å². The molecule has 0 aromatic carbocycles. The first-order valence-corrected chi connectivity index (χ1v) is 6.47. The van der Waals surface area contributed by atoms with Gasteiger partial charge in [-0.1, -0.05) is 6.92 Å². The van der Waals surface area contributed by atoms with Crippen LogP contribution in [0.5, 0.6) is 0 Å². The van der Waals surface area contributed by atoms with Gasteiger partial charge in [0.2, 0.25) is 0 Å². The Hall–Kier alpha value is -0.840. The lowest BCUT2D eigenvalue weighted by molar-refractivity contribution is 0.139. The lowest BCUT2D eigenvalue weighted by Crippen LogP contribution is -2.25. The molecule has 4 heteroatoms. The van der Waals surface area contributed by atoms with Crippen molar-refractivity contribution in [1.82, 2.24) is 10.2 Å². The van der Waals surface area contributed by atoms with Crippen molar-refractivity contribution < 1.29 is 9.15 Å². The lowest BCUT2D eigenvalue weighted by Gasteiger charge is -2.17. The number of hydrogen-bond acceptors (Lipinski definition) is 4. The van der Waals surface area contributed by atoms with Gasteiger partial charge in [0.05, 0.1) is 19.7 Å². The summed E-state index contributed by atoms with van der Waals surface area (Å²) in [4.78, 5) is 2.39. The summed E-state index contributed by atoms with van der Waals surface area (Å²) in [6, 6.07) is 4.14. The minimum absolute atomic E-state index is 0.819. The summed E-state index contributed by atoms with van der Waals surface area (Å²) >= 11 is 0. The number of nitrogens with zero attached hydrogens (tertiary/aromatic N) is 1. The molecule has 2 heterocycles. The summed E-state index contributed by atoms with van der Waals surface area (Å²) in [5.74, 6) is 2.08. The molecule has 4 nitrogen and oxygen atoms in total. The summed E-state index contributed by atoms with van der Waals surface area (Å²) in [7, 11) is 0. The smallest absolute Gasteiger partial charge is 0.118 e. The Morgan fingerprint density at radius 3 is 3.00 bits per heavy atom. The van der Waals surface area contributed by atoms with Gasteiger partial charge in [-0.15, -0.1) is 0 Å². The predicted octanol–water partition coefficient (Wildman–Crippen LogP) is 1.61. The average molecular weight is 238 g/mol. The Labute approximate surface area is 103 Å².